The Balaban J connectivity index is 2.63. The highest BCUT2D eigenvalue weighted by Crippen LogP contribution is 2.11. The topological polar surface area (TPSA) is 72.6 Å². The van der Waals surface area contributed by atoms with Gasteiger partial charge in [-0.3, -0.25) is 0 Å². The van der Waals surface area contributed by atoms with E-state index in [0.717, 1.165) is 11.1 Å². The molecule has 0 amide bonds. The van der Waals surface area contributed by atoms with E-state index in [4.69, 9.17) is 10.5 Å². The minimum atomic E-state index is -3.32. The molecule has 0 fully saturated rings. The summed E-state index contributed by atoms with van der Waals surface area (Å²) in [5.74, 6) is -0.0149. The summed E-state index contributed by atoms with van der Waals surface area (Å²) in [6, 6.07) is 7.34. The summed E-state index contributed by atoms with van der Waals surface area (Å²) >= 11 is 0. The number of sulfonamides is 1. The largest absolute Gasteiger partial charge is 0.377 e. The minimum Gasteiger partial charge on any atom is -0.377 e. The van der Waals surface area contributed by atoms with Gasteiger partial charge in [0, 0.05) is 20.1 Å². The van der Waals surface area contributed by atoms with Gasteiger partial charge in [0.25, 0.3) is 0 Å². The molecule has 0 unspecified atom stereocenters. The predicted molar refractivity (Wildman–Crippen MR) is 80.7 cm³/mol. The molecule has 20 heavy (non-hydrogen) atoms. The summed E-state index contributed by atoms with van der Waals surface area (Å²) < 4.78 is 31.1. The Labute approximate surface area is 121 Å². The van der Waals surface area contributed by atoms with Crippen molar-refractivity contribution in [1.29, 1.82) is 0 Å². The van der Waals surface area contributed by atoms with Crippen molar-refractivity contribution in [3.63, 3.8) is 0 Å². The highest BCUT2D eigenvalue weighted by molar-refractivity contribution is 7.88. The van der Waals surface area contributed by atoms with Gasteiger partial charge in [0.1, 0.15) is 0 Å². The number of hydrogen-bond acceptors (Lipinski definition) is 4. The van der Waals surface area contributed by atoms with Crippen LogP contribution in [0.15, 0.2) is 24.3 Å². The predicted octanol–water partition coefficient (Wildman–Crippen LogP) is 1.33. The van der Waals surface area contributed by atoms with Crippen LogP contribution in [0.2, 0.25) is 0 Å². The molecule has 0 radical (unpaired) electrons. The first-order chi connectivity index (χ1) is 9.35. The molecule has 6 heteroatoms. The second-order valence-corrected chi connectivity index (χ2v) is 7.10. The summed E-state index contributed by atoms with van der Waals surface area (Å²) in [7, 11) is -1.75. The van der Waals surface area contributed by atoms with Gasteiger partial charge in [0.2, 0.25) is 10.0 Å². The van der Waals surface area contributed by atoms with Crippen LogP contribution in [0.3, 0.4) is 0 Å². The van der Waals surface area contributed by atoms with Crippen molar-refractivity contribution in [3.8, 4) is 0 Å². The number of rotatable bonds is 8. The summed E-state index contributed by atoms with van der Waals surface area (Å²) in [6.45, 7) is 5.01. The van der Waals surface area contributed by atoms with Crippen molar-refractivity contribution in [2.75, 3.05) is 20.2 Å². The molecule has 0 saturated carbocycles. The Morgan fingerprint density at radius 2 is 1.95 bits per heavy atom. The zero-order chi connectivity index (χ0) is 15.2. The van der Waals surface area contributed by atoms with Crippen molar-refractivity contribution < 1.29 is 13.2 Å². The lowest BCUT2D eigenvalue weighted by atomic mass is 10.1. The van der Waals surface area contributed by atoms with Gasteiger partial charge >= 0.3 is 0 Å². The molecule has 0 aliphatic carbocycles. The molecule has 1 aromatic rings. The van der Waals surface area contributed by atoms with Crippen LogP contribution in [0.4, 0.5) is 0 Å². The van der Waals surface area contributed by atoms with E-state index in [9.17, 15) is 8.42 Å². The second kappa shape index (κ2) is 7.73. The highest BCUT2D eigenvalue weighted by Gasteiger charge is 2.18. The third-order valence-corrected chi connectivity index (χ3v) is 4.74. The molecule has 0 aromatic heterocycles. The molecule has 0 atom stereocenters. The SMILES string of the molecule is CC(C)OCCN(C)S(=O)(=O)Cc1cccc(CN)c1. The van der Waals surface area contributed by atoms with Gasteiger partial charge in [0.05, 0.1) is 18.5 Å². The number of nitrogens with two attached hydrogens (primary N) is 1. The lowest BCUT2D eigenvalue weighted by Crippen LogP contribution is -2.31. The maximum atomic E-state index is 12.2. The second-order valence-electron chi connectivity index (χ2n) is 5.02. The normalized spacial score (nSPS) is 12.3. The van der Waals surface area contributed by atoms with Gasteiger partial charge in [-0.25, -0.2) is 12.7 Å². The van der Waals surface area contributed by atoms with E-state index < -0.39 is 10.0 Å². The molecule has 2 N–H and O–H groups in total. The number of ether oxygens (including phenoxy) is 1. The quantitative estimate of drug-likeness (QED) is 0.786. The van der Waals surface area contributed by atoms with Gasteiger partial charge in [-0.1, -0.05) is 24.3 Å². The van der Waals surface area contributed by atoms with Crippen LogP contribution in [0, 0.1) is 0 Å². The van der Waals surface area contributed by atoms with Crippen molar-refractivity contribution >= 4 is 10.0 Å². The molecule has 0 spiro atoms. The van der Waals surface area contributed by atoms with Crippen LogP contribution in [-0.4, -0.2) is 39.0 Å². The number of likely N-dealkylation sites (N-methyl/N-ethyl adjacent to an activating group) is 1. The van der Waals surface area contributed by atoms with E-state index in [-0.39, 0.29) is 11.9 Å². The highest BCUT2D eigenvalue weighted by atomic mass is 32.2. The van der Waals surface area contributed by atoms with Crippen LogP contribution in [0.1, 0.15) is 25.0 Å². The monoisotopic (exact) mass is 300 g/mol. The molecule has 1 rings (SSSR count). The zero-order valence-electron chi connectivity index (χ0n) is 12.4. The van der Waals surface area contributed by atoms with Gasteiger partial charge < -0.3 is 10.5 Å². The van der Waals surface area contributed by atoms with E-state index in [0.29, 0.717) is 19.7 Å². The average Bonchev–Trinajstić information content (AvgIpc) is 2.37. The van der Waals surface area contributed by atoms with Gasteiger partial charge in [-0.05, 0) is 25.0 Å². The van der Waals surface area contributed by atoms with E-state index in [2.05, 4.69) is 0 Å². The lowest BCUT2D eigenvalue weighted by molar-refractivity contribution is 0.0737. The summed E-state index contributed by atoms with van der Waals surface area (Å²) in [4.78, 5) is 0. The van der Waals surface area contributed by atoms with Gasteiger partial charge in [-0.2, -0.15) is 0 Å². The third kappa shape index (κ3) is 5.58. The van der Waals surface area contributed by atoms with Gasteiger partial charge in [0.15, 0.2) is 0 Å². The standard InChI is InChI=1S/C14H24N2O3S/c1-12(2)19-8-7-16(3)20(17,18)11-14-6-4-5-13(9-14)10-15/h4-6,9,12H,7-8,10-11,15H2,1-3H3. The van der Waals surface area contributed by atoms with Crippen LogP contribution >= 0.6 is 0 Å². The number of benzene rings is 1. The lowest BCUT2D eigenvalue weighted by Gasteiger charge is -2.18. The molecule has 0 heterocycles. The molecular formula is C14H24N2O3S. The number of hydrogen-bond donors (Lipinski definition) is 1. The van der Waals surface area contributed by atoms with Crippen molar-refractivity contribution in [2.24, 2.45) is 5.73 Å². The van der Waals surface area contributed by atoms with Crippen LogP contribution < -0.4 is 5.73 Å². The average molecular weight is 300 g/mol. The van der Waals surface area contributed by atoms with Crippen LogP contribution in [-0.2, 0) is 27.1 Å². The van der Waals surface area contributed by atoms with E-state index >= 15 is 0 Å². The molecule has 0 aliphatic rings. The van der Waals surface area contributed by atoms with Crippen molar-refractivity contribution in [2.45, 2.75) is 32.2 Å². The van der Waals surface area contributed by atoms with E-state index in [1.807, 2.05) is 32.0 Å². The third-order valence-electron chi connectivity index (χ3n) is 2.91. The Kier molecular flexibility index (Phi) is 6.61. The maximum Gasteiger partial charge on any atom is 0.218 e. The Bertz CT molecular complexity index is 515. The van der Waals surface area contributed by atoms with Crippen molar-refractivity contribution in [1.82, 2.24) is 4.31 Å². The smallest absolute Gasteiger partial charge is 0.218 e. The Hall–Kier alpha value is -0.950. The van der Waals surface area contributed by atoms with E-state index in [1.165, 1.54) is 4.31 Å². The fourth-order valence-corrected chi connectivity index (χ4v) is 2.90. The molecule has 1 aromatic carbocycles. The molecule has 0 aliphatic heterocycles. The summed E-state index contributed by atoms with van der Waals surface area (Å²) in [5.41, 5.74) is 7.25. The van der Waals surface area contributed by atoms with Crippen LogP contribution in [0.5, 0.6) is 0 Å². The fraction of sp³-hybridized carbons (Fsp3) is 0.571. The van der Waals surface area contributed by atoms with Crippen LogP contribution in [0.25, 0.3) is 0 Å². The minimum absolute atomic E-state index is 0.0149. The Morgan fingerprint density at radius 1 is 1.30 bits per heavy atom. The zero-order valence-corrected chi connectivity index (χ0v) is 13.2. The first-order valence-corrected chi connectivity index (χ1v) is 8.29. The van der Waals surface area contributed by atoms with Gasteiger partial charge in [-0.15, -0.1) is 0 Å². The van der Waals surface area contributed by atoms with Crippen molar-refractivity contribution in [3.05, 3.63) is 35.4 Å². The fourth-order valence-electron chi connectivity index (χ4n) is 1.72. The Morgan fingerprint density at radius 3 is 2.55 bits per heavy atom. The number of nitrogens with zero attached hydrogens (tertiary/aromatic N) is 1. The molecular weight excluding hydrogens is 276 g/mol. The summed E-state index contributed by atoms with van der Waals surface area (Å²) in [6.07, 6.45) is 0.104. The molecule has 0 bridgehead atoms. The molecule has 0 saturated heterocycles. The molecule has 114 valence electrons. The van der Waals surface area contributed by atoms with E-state index in [1.54, 1.807) is 13.1 Å². The molecule has 5 nitrogen and oxygen atoms in total. The maximum absolute atomic E-state index is 12.2. The first kappa shape index (κ1) is 17.1. The first-order valence-electron chi connectivity index (χ1n) is 6.68. The summed E-state index contributed by atoms with van der Waals surface area (Å²) in [5, 5.41) is 0.